The maximum Gasteiger partial charge on any atom is 0.326 e. The number of carboxylic acid groups (broad SMARTS) is 1. The van der Waals surface area contributed by atoms with Gasteiger partial charge in [-0.15, -0.1) is 0 Å². The monoisotopic (exact) mass is 303 g/mol. The third-order valence-electron chi connectivity index (χ3n) is 3.94. The maximum absolute atomic E-state index is 12.3. The number of Topliss-reactive ketones (excluding diaryl/α,β-unsaturated/α-hetero) is 1. The molecule has 0 aliphatic carbocycles. The van der Waals surface area contributed by atoms with Crippen LogP contribution in [-0.4, -0.2) is 39.7 Å². The number of hydrogen-bond donors (Lipinski definition) is 1. The Balaban J connectivity index is 2.14. The summed E-state index contributed by atoms with van der Waals surface area (Å²) in [7, 11) is 0. The van der Waals surface area contributed by atoms with Crippen molar-refractivity contribution in [2.45, 2.75) is 45.7 Å². The zero-order chi connectivity index (χ0) is 16.5. The summed E-state index contributed by atoms with van der Waals surface area (Å²) in [6, 6.07) is 7.61. The van der Waals surface area contributed by atoms with Crippen molar-refractivity contribution in [3.8, 4) is 0 Å². The van der Waals surface area contributed by atoms with E-state index in [1.54, 1.807) is 45.0 Å². The fourth-order valence-corrected chi connectivity index (χ4v) is 2.88. The van der Waals surface area contributed by atoms with Gasteiger partial charge in [0.1, 0.15) is 6.04 Å². The zero-order valence-electron chi connectivity index (χ0n) is 13.1. The number of aliphatic carboxylic acids is 1. The molecule has 1 N–H and O–H groups in total. The summed E-state index contributed by atoms with van der Waals surface area (Å²) in [6.07, 6.45) is 0.397. The summed E-state index contributed by atoms with van der Waals surface area (Å²) in [5.41, 5.74) is 0.0000942. The van der Waals surface area contributed by atoms with E-state index in [1.807, 2.05) is 6.07 Å². The molecule has 2 unspecified atom stereocenters. The van der Waals surface area contributed by atoms with E-state index in [0.717, 1.165) is 0 Å². The van der Waals surface area contributed by atoms with Gasteiger partial charge in [-0.1, -0.05) is 51.1 Å². The molecule has 0 radical (unpaired) electrons. The Hall–Kier alpha value is -2.17. The lowest BCUT2D eigenvalue weighted by molar-refractivity contribution is -0.167. The fraction of sp³-hybridized carbons (Fsp3) is 0.471. The second kappa shape index (κ2) is 5.91. The smallest absolute Gasteiger partial charge is 0.326 e. The molecule has 1 fully saturated rings. The van der Waals surface area contributed by atoms with Gasteiger partial charge in [0.25, 0.3) is 0 Å². The van der Waals surface area contributed by atoms with E-state index in [2.05, 4.69) is 0 Å². The molecule has 1 aliphatic rings. The van der Waals surface area contributed by atoms with E-state index < -0.39 is 17.4 Å². The summed E-state index contributed by atoms with van der Waals surface area (Å²) in [5, 5.41) is 9.45. The molecule has 0 aromatic heterocycles. The summed E-state index contributed by atoms with van der Waals surface area (Å²) >= 11 is 0. The first-order valence-electron chi connectivity index (χ1n) is 7.34. The van der Waals surface area contributed by atoms with Crippen molar-refractivity contribution in [2.24, 2.45) is 5.41 Å². The molecule has 1 heterocycles. The van der Waals surface area contributed by atoms with Gasteiger partial charge < -0.3 is 10.0 Å². The molecule has 1 aliphatic heterocycles. The van der Waals surface area contributed by atoms with Crippen LogP contribution in [-0.2, 0) is 9.59 Å². The highest BCUT2D eigenvalue weighted by atomic mass is 16.4. The topological polar surface area (TPSA) is 74.7 Å². The van der Waals surface area contributed by atoms with E-state index in [1.165, 1.54) is 4.90 Å². The van der Waals surface area contributed by atoms with Crippen molar-refractivity contribution < 1.29 is 19.5 Å². The molecule has 2 rings (SSSR count). The van der Waals surface area contributed by atoms with Gasteiger partial charge in [0, 0.05) is 24.4 Å². The SMILES string of the molecule is CC(C)(C)C(C(=O)O)N1C(=O)CC1CC(=O)c1ccccc1. The van der Waals surface area contributed by atoms with Crippen molar-refractivity contribution in [1.29, 1.82) is 0 Å². The van der Waals surface area contributed by atoms with Gasteiger partial charge in [-0.05, 0) is 5.41 Å². The number of benzene rings is 1. The van der Waals surface area contributed by atoms with Crippen molar-refractivity contribution in [3.05, 3.63) is 35.9 Å². The maximum atomic E-state index is 12.3. The van der Waals surface area contributed by atoms with E-state index in [0.29, 0.717) is 5.56 Å². The molecule has 2 atom stereocenters. The molecular weight excluding hydrogens is 282 g/mol. The zero-order valence-corrected chi connectivity index (χ0v) is 13.1. The van der Waals surface area contributed by atoms with Gasteiger partial charge in [0.2, 0.25) is 5.91 Å². The van der Waals surface area contributed by atoms with Gasteiger partial charge >= 0.3 is 5.97 Å². The molecule has 118 valence electrons. The highest BCUT2D eigenvalue weighted by Gasteiger charge is 2.48. The summed E-state index contributed by atoms with van der Waals surface area (Å²) < 4.78 is 0. The van der Waals surface area contributed by atoms with Crippen molar-refractivity contribution in [2.75, 3.05) is 0 Å². The van der Waals surface area contributed by atoms with Gasteiger partial charge in [-0.3, -0.25) is 9.59 Å². The Morgan fingerprint density at radius 3 is 2.32 bits per heavy atom. The first-order valence-corrected chi connectivity index (χ1v) is 7.34. The lowest BCUT2D eigenvalue weighted by atomic mass is 9.81. The Bertz CT molecular complexity index is 588. The Morgan fingerprint density at radius 1 is 1.27 bits per heavy atom. The van der Waals surface area contributed by atoms with E-state index >= 15 is 0 Å². The van der Waals surface area contributed by atoms with Gasteiger partial charge in [-0.2, -0.15) is 0 Å². The Morgan fingerprint density at radius 2 is 1.86 bits per heavy atom. The third kappa shape index (κ3) is 3.18. The minimum Gasteiger partial charge on any atom is -0.480 e. The second-order valence-electron chi connectivity index (χ2n) is 6.76. The van der Waals surface area contributed by atoms with Crippen LogP contribution in [0.4, 0.5) is 0 Å². The van der Waals surface area contributed by atoms with Crippen LogP contribution in [0.5, 0.6) is 0 Å². The number of hydrogen-bond acceptors (Lipinski definition) is 3. The Kier molecular flexibility index (Phi) is 4.35. The Labute approximate surface area is 129 Å². The molecule has 22 heavy (non-hydrogen) atoms. The lowest BCUT2D eigenvalue weighted by Crippen LogP contribution is -2.63. The van der Waals surface area contributed by atoms with Crippen LogP contribution in [0.2, 0.25) is 0 Å². The number of carbonyl (C=O) groups is 3. The van der Waals surface area contributed by atoms with E-state index in [9.17, 15) is 19.5 Å². The predicted molar refractivity (Wildman–Crippen MR) is 81.5 cm³/mol. The van der Waals surface area contributed by atoms with Crippen molar-refractivity contribution in [1.82, 2.24) is 4.90 Å². The van der Waals surface area contributed by atoms with Crippen LogP contribution in [0, 0.1) is 5.41 Å². The summed E-state index contributed by atoms with van der Waals surface area (Å²) in [4.78, 5) is 37.1. The van der Waals surface area contributed by atoms with Gasteiger partial charge in [0.05, 0.1) is 0 Å². The number of β-lactam (4-membered cyclic amide) rings is 1. The van der Waals surface area contributed by atoms with Crippen LogP contribution in [0.15, 0.2) is 30.3 Å². The number of ketones is 1. The molecule has 0 saturated carbocycles. The average Bonchev–Trinajstić information content (AvgIpc) is 2.43. The van der Waals surface area contributed by atoms with Crippen LogP contribution < -0.4 is 0 Å². The highest BCUT2D eigenvalue weighted by Crippen LogP contribution is 2.34. The minimum atomic E-state index is -1.03. The third-order valence-corrected chi connectivity index (χ3v) is 3.94. The normalized spacial score (nSPS) is 19.5. The number of nitrogens with zero attached hydrogens (tertiary/aromatic N) is 1. The van der Waals surface area contributed by atoms with Crippen LogP contribution >= 0.6 is 0 Å². The molecule has 0 bridgehead atoms. The van der Waals surface area contributed by atoms with Crippen LogP contribution in [0.1, 0.15) is 44.0 Å². The van der Waals surface area contributed by atoms with Gasteiger partial charge in [0.15, 0.2) is 5.78 Å². The summed E-state index contributed by atoms with van der Waals surface area (Å²) in [6.45, 7) is 5.36. The quantitative estimate of drug-likeness (QED) is 0.669. The standard InChI is InChI=1S/C17H21NO4/c1-17(2,3)15(16(21)22)18-12(10-14(18)20)9-13(19)11-7-5-4-6-8-11/h4-8,12,15H,9-10H2,1-3H3,(H,21,22). The lowest BCUT2D eigenvalue weighted by Gasteiger charge is -2.48. The number of likely N-dealkylation sites (tertiary alicyclic amines) is 1. The number of carboxylic acids is 1. The second-order valence-corrected chi connectivity index (χ2v) is 6.76. The van der Waals surface area contributed by atoms with E-state index in [-0.39, 0.29) is 30.6 Å². The van der Waals surface area contributed by atoms with Crippen molar-refractivity contribution >= 4 is 17.7 Å². The number of rotatable bonds is 5. The first kappa shape index (κ1) is 16.2. The summed E-state index contributed by atoms with van der Waals surface area (Å²) in [5.74, 6) is -1.30. The first-order chi connectivity index (χ1) is 10.2. The molecule has 1 aromatic rings. The fourth-order valence-electron chi connectivity index (χ4n) is 2.88. The molecule has 1 saturated heterocycles. The average molecular weight is 303 g/mol. The minimum absolute atomic E-state index is 0.0684. The van der Waals surface area contributed by atoms with E-state index in [4.69, 9.17) is 0 Å². The predicted octanol–water partition coefficient (Wildman–Crippen LogP) is 2.36. The van der Waals surface area contributed by atoms with Crippen molar-refractivity contribution in [3.63, 3.8) is 0 Å². The van der Waals surface area contributed by atoms with Crippen LogP contribution in [0.25, 0.3) is 0 Å². The molecule has 1 amide bonds. The molecular formula is C17H21NO4. The largest absolute Gasteiger partial charge is 0.480 e. The number of carbonyl (C=O) groups excluding carboxylic acids is 2. The van der Waals surface area contributed by atoms with Gasteiger partial charge in [-0.25, -0.2) is 4.79 Å². The molecule has 5 heteroatoms. The molecule has 5 nitrogen and oxygen atoms in total. The molecule has 1 aromatic carbocycles. The number of amides is 1. The van der Waals surface area contributed by atoms with Crippen LogP contribution in [0.3, 0.4) is 0 Å². The molecule has 0 spiro atoms. The highest BCUT2D eigenvalue weighted by molar-refractivity contribution is 5.98.